The topological polar surface area (TPSA) is 0 Å². The smallest absolute Gasteiger partial charge is 0.0429 e. The zero-order valence-corrected chi connectivity index (χ0v) is 14.5. The third kappa shape index (κ3) is 3.17. The van der Waals surface area contributed by atoms with E-state index in [9.17, 15) is 0 Å². The molecule has 0 nitrogen and oxygen atoms in total. The third-order valence-electron chi connectivity index (χ3n) is 4.17. The van der Waals surface area contributed by atoms with Gasteiger partial charge in [0.05, 0.1) is 0 Å². The number of hydrogen-bond donors (Lipinski definition) is 0. The Bertz CT molecular complexity index is 591. The molecule has 0 bridgehead atoms. The zero-order chi connectivity index (χ0) is 13.9. The van der Waals surface area contributed by atoms with Gasteiger partial charge in [0.2, 0.25) is 0 Å². The van der Waals surface area contributed by atoms with Gasteiger partial charge in [0.1, 0.15) is 0 Å². The molecule has 1 aliphatic rings. The van der Waals surface area contributed by atoms with E-state index in [-0.39, 0.29) is 0 Å². The molecule has 0 N–H and O–H groups in total. The molecule has 2 unspecified atom stereocenters. The Morgan fingerprint density at radius 3 is 2.75 bits per heavy atom. The minimum atomic E-state index is 0.472. The van der Waals surface area contributed by atoms with Gasteiger partial charge in [-0.2, -0.15) is 0 Å². The molecule has 2 heteroatoms. The minimum absolute atomic E-state index is 0.472. The summed E-state index contributed by atoms with van der Waals surface area (Å²) in [7, 11) is 0. The van der Waals surface area contributed by atoms with E-state index in [1.807, 2.05) is 0 Å². The summed E-state index contributed by atoms with van der Waals surface area (Å²) in [5.41, 5.74) is 4.43. The Morgan fingerprint density at radius 2 is 1.90 bits per heavy atom. The lowest BCUT2D eigenvalue weighted by molar-refractivity contribution is 0.475. The number of benzene rings is 2. The molecule has 0 amide bonds. The van der Waals surface area contributed by atoms with Crippen LogP contribution in [0.2, 0.25) is 0 Å². The van der Waals surface area contributed by atoms with Crippen LogP contribution in [0.1, 0.15) is 34.4 Å². The molecule has 0 spiro atoms. The highest BCUT2D eigenvalue weighted by Gasteiger charge is 2.25. The monoisotopic (exact) mass is 392 g/mol. The molecule has 20 heavy (non-hydrogen) atoms. The van der Waals surface area contributed by atoms with E-state index in [2.05, 4.69) is 80.4 Å². The van der Waals surface area contributed by atoms with Crippen molar-refractivity contribution in [1.82, 2.24) is 0 Å². The normalized spacial score (nSPS) is 22.1. The van der Waals surface area contributed by atoms with E-state index in [0.29, 0.717) is 10.7 Å². The average molecular weight is 394 g/mol. The Morgan fingerprint density at radius 1 is 1.05 bits per heavy atom. The Hall–Kier alpha value is -0.600. The largest absolute Gasteiger partial charge is 0.0836 e. The summed E-state index contributed by atoms with van der Waals surface area (Å²) in [5.74, 6) is 0.674. The number of rotatable bonds is 2. The maximum absolute atomic E-state index is 3.97. The number of aryl methyl sites for hydroxylation is 1. The number of halogens is 2. The van der Waals surface area contributed by atoms with E-state index in [4.69, 9.17) is 0 Å². The van der Waals surface area contributed by atoms with Crippen LogP contribution in [-0.4, -0.2) is 0 Å². The van der Waals surface area contributed by atoms with Crippen LogP contribution in [0.4, 0.5) is 0 Å². The summed E-state index contributed by atoms with van der Waals surface area (Å²) in [5, 5.41) is 0. The van der Waals surface area contributed by atoms with E-state index >= 15 is 0 Å². The first kappa shape index (κ1) is 14.3. The predicted octanol–water partition coefficient (Wildman–Crippen LogP) is 6.08. The van der Waals surface area contributed by atoms with E-state index < -0.39 is 0 Å². The van der Waals surface area contributed by atoms with E-state index in [1.54, 1.807) is 0 Å². The average Bonchev–Trinajstić information content (AvgIpc) is 2.60. The van der Waals surface area contributed by atoms with Crippen molar-refractivity contribution in [2.24, 2.45) is 5.92 Å². The van der Waals surface area contributed by atoms with Crippen molar-refractivity contribution >= 4 is 31.9 Å². The van der Waals surface area contributed by atoms with Crippen molar-refractivity contribution in [3.05, 3.63) is 69.7 Å². The summed E-state index contributed by atoms with van der Waals surface area (Å²) in [6, 6.07) is 17.6. The molecule has 0 aliphatic heterocycles. The van der Waals surface area contributed by atoms with Crippen molar-refractivity contribution in [3.8, 4) is 0 Å². The predicted molar refractivity (Wildman–Crippen MR) is 92.4 cm³/mol. The second-order valence-corrected chi connectivity index (χ2v) is 7.49. The first-order valence-electron chi connectivity index (χ1n) is 7.20. The van der Waals surface area contributed by atoms with Gasteiger partial charge < -0.3 is 0 Å². The molecule has 104 valence electrons. The Labute approximate surface area is 137 Å². The van der Waals surface area contributed by atoms with Crippen molar-refractivity contribution in [2.75, 3.05) is 0 Å². The molecule has 0 heterocycles. The first-order chi connectivity index (χ1) is 9.74. The fourth-order valence-corrected chi connectivity index (χ4v) is 4.50. The Balaban J connectivity index is 1.84. The van der Waals surface area contributed by atoms with Gasteiger partial charge in [0.15, 0.2) is 0 Å². The summed E-state index contributed by atoms with van der Waals surface area (Å²) in [4.78, 5) is 0.472. The maximum atomic E-state index is 3.97. The lowest BCUT2D eigenvalue weighted by Crippen LogP contribution is -2.10. The van der Waals surface area contributed by atoms with Crippen LogP contribution < -0.4 is 0 Å². The number of fused-ring (bicyclic) bond motifs is 1. The molecule has 2 aromatic rings. The van der Waals surface area contributed by atoms with Crippen LogP contribution in [0.5, 0.6) is 0 Å². The van der Waals surface area contributed by atoms with E-state index in [0.717, 1.165) is 6.42 Å². The van der Waals surface area contributed by atoms with Crippen LogP contribution in [0.3, 0.4) is 0 Å². The number of alkyl halides is 1. The van der Waals surface area contributed by atoms with Crippen molar-refractivity contribution in [2.45, 2.75) is 30.5 Å². The molecule has 2 atom stereocenters. The van der Waals surface area contributed by atoms with Gasteiger partial charge in [0.25, 0.3) is 0 Å². The molecule has 0 fully saturated rings. The lowest BCUT2D eigenvalue weighted by Gasteiger charge is -2.21. The van der Waals surface area contributed by atoms with Crippen LogP contribution in [0.15, 0.2) is 53.0 Å². The SMILES string of the molecule is Brc1cccc(CC2CCCc3ccccc3C2Br)c1. The Kier molecular flexibility index (Phi) is 4.62. The third-order valence-corrected chi connectivity index (χ3v) is 5.91. The molecule has 0 aromatic heterocycles. The quantitative estimate of drug-likeness (QED) is 0.428. The second-order valence-electron chi connectivity index (χ2n) is 5.59. The van der Waals surface area contributed by atoms with Gasteiger partial charge in [0, 0.05) is 9.30 Å². The van der Waals surface area contributed by atoms with Crippen molar-refractivity contribution < 1.29 is 0 Å². The summed E-state index contributed by atoms with van der Waals surface area (Å²) in [6.45, 7) is 0. The standard InChI is InChI=1S/C18H18Br2/c19-16-9-3-5-13(12-16)11-15-8-4-7-14-6-1-2-10-17(14)18(15)20/h1-3,5-6,9-10,12,15,18H,4,7-8,11H2. The minimum Gasteiger partial charge on any atom is -0.0836 e. The molecule has 0 saturated carbocycles. The number of hydrogen-bond acceptors (Lipinski definition) is 0. The molecule has 3 rings (SSSR count). The molecular weight excluding hydrogens is 376 g/mol. The lowest BCUT2D eigenvalue weighted by atomic mass is 9.90. The highest BCUT2D eigenvalue weighted by Crippen LogP contribution is 2.40. The highest BCUT2D eigenvalue weighted by molar-refractivity contribution is 9.10. The highest BCUT2D eigenvalue weighted by atomic mass is 79.9. The van der Waals surface area contributed by atoms with Crippen LogP contribution in [0.25, 0.3) is 0 Å². The summed E-state index contributed by atoms with van der Waals surface area (Å²) >= 11 is 7.54. The van der Waals surface area contributed by atoms with Gasteiger partial charge in [-0.3, -0.25) is 0 Å². The van der Waals surface area contributed by atoms with Gasteiger partial charge in [-0.15, -0.1) is 0 Å². The molecular formula is C18H18Br2. The van der Waals surface area contributed by atoms with Crippen molar-refractivity contribution in [3.63, 3.8) is 0 Å². The first-order valence-corrected chi connectivity index (χ1v) is 8.91. The summed E-state index contributed by atoms with van der Waals surface area (Å²) in [6.07, 6.45) is 4.94. The summed E-state index contributed by atoms with van der Waals surface area (Å²) < 4.78 is 1.18. The maximum Gasteiger partial charge on any atom is 0.0429 e. The van der Waals surface area contributed by atoms with Crippen LogP contribution >= 0.6 is 31.9 Å². The van der Waals surface area contributed by atoms with E-state index in [1.165, 1.54) is 40.4 Å². The second kappa shape index (κ2) is 6.44. The molecule has 2 aromatic carbocycles. The van der Waals surface area contributed by atoms with Crippen LogP contribution in [0, 0.1) is 5.92 Å². The van der Waals surface area contributed by atoms with Crippen LogP contribution in [-0.2, 0) is 12.8 Å². The van der Waals surface area contributed by atoms with Gasteiger partial charge in [-0.1, -0.05) is 68.3 Å². The molecule has 0 saturated heterocycles. The fraction of sp³-hybridized carbons (Fsp3) is 0.333. The molecule has 1 aliphatic carbocycles. The molecule has 0 radical (unpaired) electrons. The van der Waals surface area contributed by atoms with Gasteiger partial charge in [-0.25, -0.2) is 0 Å². The fourth-order valence-electron chi connectivity index (χ4n) is 3.16. The van der Waals surface area contributed by atoms with Crippen molar-refractivity contribution in [1.29, 1.82) is 0 Å². The van der Waals surface area contributed by atoms with Gasteiger partial charge >= 0.3 is 0 Å². The zero-order valence-electron chi connectivity index (χ0n) is 11.4. The van der Waals surface area contributed by atoms with Gasteiger partial charge in [-0.05, 0) is 60.4 Å².